The molecule has 0 radical (unpaired) electrons. The summed E-state index contributed by atoms with van der Waals surface area (Å²) in [4.78, 5) is 14.2. The lowest BCUT2D eigenvalue weighted by atomic mass is 9.94. The molecule has 1 aliphatic rings. The third-order valence-electron chi connectivity index (χ3n) is 4.29. The van der Waals surface area contributed by atoms with Gasteiger partial charge < -0.3 is 9.42 Å². The molecule has 1 aliphatic carbocycles. The van der Waals surface area contributed by atoms with E-state index in [1.807, 2.05) is 25.8 Å². The fourth-order valence-electron chi connectivity index (χ4n) is 2.94. The minimum absolute atomic E-state index is 0.243. The second-order valence-corrected chi connectivity index (χ2v) is 5.60. The van der Waals surface area contributed by atoms with Crippen LogP contribution in [0.4, 0.5) is 0 Å². The van der Waals surface area contributed by atoms with Crippen LogP contribution in [-0.4, -0.2) is 29.1 Å². The molecular weight excluding hydrogens is 240 g/mol. The van der Waals surface area contributed by atoms with Crippen molar-refractivity contribution in [2.75, 3.05) is 7.05 Å². The van der Waals surface area contributed by atoms with Crippen LogP contribution in [0.15, 0.2) is 4.52 Å². The molecule has 106 valence electrons. The van der Waals surface area contributed by atoms with Crippen molar-refractivity contribution in [2.24, 2.45) is 0 Å². The van der Waals surface area contributed by atoms with Crippen LogP contribution in [0.3, 0.4) is 0 Å². The van der Waals surface area contributed by atoms with Crippen molar-refractivity contribution in [3.8, 4) is 0 Å². The van der Waals surface area contributed by atoms with E-state index < -0.39 is 0 Å². The molecule has 0 aliphatic heterocycles. The zero-order valence-electron chi connectivity index (χ0n) is 12.2. The number of amides is 1. The third kappa shape index (κ3) is 3.37. The number of rotatable bonds is 4. The van der Waals surface area contributed by atoms with Gasteiger partial charge in [-0.25, -0.2) is 0 Å². The van der Waals surface area contributed by atoms with Gasteiger partial charge in [0.2, 0.25) is 5.91 Å². The second-order valence-electron chi connectivity index (χ2n) is 5.60. The Kier molecular flexibility index (Phi) is 4.61. The molecule has 0 aromatic carbocycles. The molecule has 1 amide bonds. The van der Waals surface area contributed by atoms with Crippen molar-refractivity contribution in [3.63, 3.8) is 0 Å². The Morgan fingerprint density at radius 3 is 2.58 bits per heavy atom. The first kappa shape index (κ1) is 14.1. The summed E-state index contributed by atoms with van der Waals surface area (Å²) < 4.78 is 5.13. The fourth-order valence-corrected chi connectivity index (χ4v) is 2.94. The summed E-state index contributed by atoms with van der Waals surface area (Å²) in [7, 11) is 1.95. The number of carbonyl (C=O) groups is 1. The van der Waals surface area contributed by atoms with Gasteiger partial charge in [0.25, 0.3) is 0 Å². The van der Waals surface area contributed by atoms with Gasteiger partial charge in [0.05, 0.1) is 5.69 Å². The molecule has 0 atom stereocenters. The highest BCUT2D eigenvalue weighted by atomic mass is 16.5. The quantitative estimate of drug-likeness (QED) is 0.839. The van der Waals surface area contributed by atoms with E-state index in [2.05, 4.69) is 5.16 Å². The predicted octanol–water partition coefficient (Wildman–Crippen LogP) is 3.02. The minimum Gasteiger partial charge on any atom is -0.361 e. The molecule has 1 heterocycles. The van der Waals surface area contributed by atoms with Crippen molar-refractivity contribution in [2.45, 2.75) is 64.8 Å². The standard InChI is InChI=1S/C15H24N2O2/c1-11-14(12(2)19-16-11)9-10-15(18)17(3)13-7-5-4-6-8-13/h13H,4-10H2,1-3H3. The van der Waals surface area contributed by atoms with Gasteiger partial charge in [-0.3, -0.25) is 4.79 Å². The number of aryl methyl sites for hydroxylation is 2. The zero-order chi connectivity index (χ0) is 13.8. The third-order valence-corrected chi connectivity index (χ3v) is 4.29. The summed E-state index contributed by atoms with van der Waals surface area (Å²) >= 11 is 0. The lowest BCUT2D eigenvalue weighted by molar-refractivity contribution is -0.132. The number of carbonyl (C=O) groups excluding carboxylic acids is 1. The van der Waals surface area contributed by atoms with Gasteiger partial charge in [-0.1, -0.05) is 24.4 Å². The van der Waals surface area contributed by atoms with Gasteiger partial charge in [0.1, 0.15) is 5.76 Å². The minimum atomic E-state index is 0.243. The summed E-state index contributed by atoms with van der Waals surface area (Å²) in [6.07, 6.45) is 7.43. The lowest BCUT2D eigenvalue weighted by Crippen LogP contribution is -2.38. The number of nitrogens with zero attached hydrogens (tertiary/aromatic N) is 2. The molecule has 0 N–H and O–H groups in total. The van der Waals surface area contributed by atoms with Crippen LogP contribution in [0.5, 0.6) is 0 Å². The molecule has 0 bridgehead atoms. The molecule has 19 heavy (non-hydrogen) atoms. The smallest absolute Gasteiger partial charge is 0.222 e. The predicted molar refractivity (Wildman–Crippen MR) is 73.9 cm³/mol. The van der Waals surface area contributed by atoms with E-state index in [-0.39, 0.29) is 5.91 Å². The first-order valence-electron chi connectivity index (χ1n) is 7.27. The van der Waals surface area contributed by atoms with E-state index in [0.717, 1.165) is 36.3 Å². The number of aromatic nitrogens is 1. The van der Waals surface area contributed by atoms with Crippen molar-refractivity contribution < 1.29 is 9.32 Å². The normalized spacial score (nSPS) is 16.6. The molecule has 1 fully saturated rings. The average molecular weight is 264 g/mol. The van der Waals surface area contributed by atoms with Gasteiger partial charge in [-0.05, 0) is 33.1 Å². The Balaban J connectivity index is 1.87. The van der Waals surface area contributed by atoms with Crippen molar-refractivity contribution in [1.82, 2.24) is 10.1 Å². The summed E-state index contributed by atoms with van der Waals surface area (Å²) in [6, 6.07) is 0.450. The van der Waals surface area contributed by atoms with E-state index in [0.29, 0.717) is 12.5 Å². The highest BCUT2D eigenvalue weighted by molar-refractivity contribution is 5.76. The molecule has 0 unspecified atom stereocenters. The lowest BCUT2D eigenvalue weighted by Gasteiger charge is -2.31. The maximum Gasteiger partial charge on any atom is 0.222 e. The van der Waals surface area contributed by atoms with Crippen molar-refractivity contribution >= 4 is 5.91 Å². The first-order valence-corrected chi connectivity index (χ1v) is 7.27. The Hall–Kier alpha value is -1.32. The van der Waals surface area contributed by atoms with E-state index in [1.165, 1.54) is 19.3 Å². The van der Waals surface area contributed by atoms with Crippen LogP contribution in [0.1, 0.15) is 55.5 Å². The molecule has 4 nitrogen and oxygen atoms in total. The molecule has 4 heteroatoms. The van der Waals surface area contributed by atoms with Crippen molar-refractivity contribution in [1.29, 1.82) is 0 Å². The summed E-state index contributed by atoms with van der Waals surface area (Å²) in [5.74, 6) is 1.08. The van der Waals surface area contributed by atoms with E-state index >= 15 is 0 Å². The van der Waals surface area contributed by atoms with E-state index in [4.69, 9.17) is 4.52 Å². The van der Waals surface area contributed by atoms with Gasteiger partial charge in [0.15, 0.2) is 0 Å². The van der Waals surface area contributed by atoms with Crippen molar-refractivity contribution in [3.05, 3.63) is 17.0 Å². The molecule has 0 spiro atoms. The largest absolute Gasteiger partial charge is 0.361 e. The Morgan fingerprint density at radius 2 is 2.00 bits per heavy atom. The molecule has 1 aromatic heterocycles. The second kappa shape index (κ2) is 6.22. The van der Waals surface area contributed by atoms with Gasteiger partial charge >= 0.3 is 0 Å². The van der Waals surface area contributed by atoms with Crippen LogP contribution < -0.4 is 0 Å². The molecule has 0 saturated heterocycles. The number of hydrogen-bond donors (Lipinski definition) is 0. The topological polar surface area (TPSA) is 46.3 Å². The van der Waals surface area contributed by atoms with E-state index in [1.54, 1.807) is 0 Å². The fraction of sp³-hybridized carbons (Fsp3) is 0.733. The summed E-state index contributed by atoms with van der Waals surface area (Å²) in [6.45, 7) is 3.84. The maximum absolute atomic E-state index is 12.2. The average Bonchev–Trinajstić information content (AvgIpc) is 2.75. The molecule has 1 aromatic rings. The van der Waals surface area contributed by atoms with Gasteiger partial charge in [-0.15, -0.1) is 0 Å². The Bertz CT molecular complexity index is 414. The molecule has 1 saturated carbocycles. The van der Waals surface area contributed by atoms with Crippen LogP contribution in [0.25, 0.3) is 0 Å². The number of hydrogen-bond acceptors (Lipinski definition) is 3. The molecule has 2 rings (SSSR count). The Morgan fingerprint density at radius 1 is 1.32 bits per heavy atom. The Labute approximate surface area is 115 Å². The van der Waals surface area contributed by atoms with E-state index in [9.17, 15) is 4.79 Å². The van der Waals surface area contributed by atoms with Crippen LogP contribution in [0, 0.1) is 13.8 Å². The summed E-state index contributed by atoms with van der Waals surface area (Å²) in [5.41, 5.74) is 2.00. The van der Waals surface area contributed by atoms with Crippen LogP contribution in [0.2, 0.25) is 0 Å². The highest BCUT2D eigenvalue weighted by Gasteiger charge is 2.22. The highest BCUT2D eigenvalue weighted by Crippen LogP contribution is 2.22. The SMILES string of the molecule is Cc1noc(C)c1CCC(=O)N(C)C1CCCCC1. The van der Waals surface area contributed by atoms with Crippen LogP contribution >= 0.6 is 0 Å². The van der Waals surface area contributed by atoms with Gasteiger partial charge in [0, 0.05) is 25.1 Å². The monoisotopic (exact) mass is 264 g/mol. The van der Waals surface area contributed by atoms with Crippen LogP contribution in [-0.2, 0) is 11.2 Å². The van der Waals surface area contributed by atoms with Gasteiger partial charge in [-0.2, -0.15) is 0 Å². The summed E-state index contributed by atoms with van der Waals surface area (Å²) in [5, 5.41) is 3.93. The zero-order valence-corrected chi connectivity index (χ0v) is 12.2. The molecular formula is C15H24N2O2. The first-order chi connectivity index (χ1) is 9.09. The maximum atomic E-state index is 12.2.